The Morgan fingerprint density at radius 3 is 2.40 bits per heavy atom. The van der Waals surface area contributed by atoms with Gasteiger partial charge in [0.05, 0.1) is 23.3 Å². The van der Waals surface area contributed by atoms with Gasteiger partial charge in [-0.25, -0.2) is 21.6 Å². The summed E-state index contributed by atoms with van der Waals surface area (Å²) in [5.74, 6) is -0.683. The van der Waals surface area contributed by atoms with Gasteiger partial charge in [-0.05, 0) is 57.7 Å². The van der Waals surface area contributed by atoms with Gasteiger partial charge in [-0.1, -0.05) is 12.1 Å². The van der Waals surface area contributed by atoms with Crippen molar-refractivity contribution in [2.24, 2.45) is 0 Å². The average Bonchev–Trinajstić information content (AvgIpc) is 3.21. The third-order valence-electron chi connectivity index (χ3n) is 4.09. The Hall–Kier alpha value is -2.21. The van der Waals surface area contributed by atoms with Crippen molar-refractivity contribution in [3.63, 3.8) is 0 Å². The summed E-state index contributed by atoms with van der Waals surface area (Å²) in [6.45, 7) is 0. The SMILES string of the molecule is COC(=O)c1ccc(Br)c(S(=O)(=O)Nc2cc(S(C)(=O)=O)ccc2-c2cccs2)c1. The van der Waals surface area contributed by atoms with E-state index in [4.69, 9.17) is 0 Å². The number of sulfonamides is 1. The first-order valence-electron chi connectivity index (χ1n) is 8.31. The molecule has 0 aliphatic carbocycles. The van der Waals surface area contributed by atoms with Gasteiger partial charge in [0.1, 0.15) is 4.90 Å². The quantitative estimate of drug-likeness (QED) is 0.480. The number of esters is 1. The maximum atomic E-state index is 13.1. The molecule has 0 fully saturated rings. The largest absolute Gasteiger partial charge is 0.465 e. The number of carbonyl (C=O) groups is 1. The number of anilines is 1. The van der Waals surface area contributed by atoms with Crippen LogP contribution in [-0.2, 0) is 24.6 Å². The van der Waals surface area contributed by atoms with Crippen LogP contribution >= 0.6 is 27.3 Å². The molecule has 0 aliphatic rings. The van der Waals surface area contributed by atoms with E-state index in [2.05, 4.69) is 25.4 Å². The number of methoxy groups -OCH3 is 1. The first-order chi connectivity index (χ1) is 14.0. The molecule has 0 radical (unpaired) electrons. The molecule has 1 N–H and O–H groups in total. The predicted octanol–water partition coefficient (Wildman–Crippen LogP) is 4.17. The van der Waals surface area contributed by atoms with E-state index >= 15 is 0 Å². The van der Waals surface area contributed by atoms with E-state index in [1.54, 1.807) is 18.2 Å². The highest BCUT2D eigenvalue weighted by molar-refractivity contribution is 9.10. The normalized spacial score (nSPS) is 11.8. The fourth-order valence-corrected chi connectivity index (χ4v) is 6.11. The monoisotopic (exact) mass is 529 g/mol. The van der Waals surface area contributed by atoms with Gasteiger partial charge in [-0.15, -0.1) is 11.3 Å². The Morgan fingerprint density at radius 2 is 1.80 bits per heavy atom. The number of sulfone groups is 1. The molecule has 3 rings (SSSR count). The van der Waals surface area contributed by atoms with Crippen LogP contribution in [0.4, 0.5) is 5.69 Å². The van der Waals surface area contributed by atoms with Crippen molar-refractivity contribution in [2.75, 3.05) is 18.1 Å². The molecule has 0 bridgehead atoms. The van der Waals surface area contributed by atoms with Crippen LogP contribution in [0.15, 0.2) is 68.2 Å². The summed E-state index contributed by atoms with van der Waals surface area (Å²) in [6, 6.07) is 11.9. The van der Waals surface area contributed by atoms with E-state index in [0.29, 0.717) is 5.56 Å². The summed E-state index contributed by atoms with van der Waals surface area (Å²) in [6.07, 6.45) is 1.04. The Morgan fingerprint density at radius 1 is 1.07 bits per heavy atom. The fraction of sp³-hybridized carbons (Fsp3) is 0.105. The maximum Gasteiger partial charge on any atom is 0.337 e. The second-order valence-corrected chi connectivity index (χ2v) is 11.7. The predicted molar refractivity (Wildman–Crippen MR) is 119 cm³/mol. The van der Waals surface area contributed by atoms with E-state index in [1.165, 1.54) is 48.8 Å². The van der Waals surface area contributed by atoms with E-state index in [9.17, 15) is 21.6 Å². The maximum absolute atomic E-state index is 13.1. The minimum Gasteiger partial charge on any atom is -0.465 e. The zero-order valence-corrected chi connectivity index (χ0v) is 19.8. The molecule has 1 aromatic heterocycles. The number of benzene rings is 2. The lowest BCUT2D eigenvalue weighted by atomic mass is 10.1. The number of thiophene rings is 1. The first-order valence-corrected chi connectivity index (χ1v) is 13.4. The number of halogens is 1. The second-order valence-electron chi connectivity index (χ2n) is 6.20. The summed E-state index contributed by atoms with van der Waals surface area (Å²) in [7, 11) is -6.55. The van der Waals surface area contributed by atoms with E-state index in [0.717, 1.165) is 11.1 Å². The fourth-order valence-electron chi connectivity index (χ4n) is 2.64. The molecule has 3 aromatic rings. The van der Waals surface area contributed by atoms with Gasteiger partial charge in [-0.2, -0.15) is 0 Å². The topological polar surface area (TPSA) is 107 Å². The number of hydrogen-bond acceptors (Lipinski definition) is 7. The van der Waals surface area contributed by atoms with Crippen molar-refractivity contribution in [1.82, 2.24) is 0 Å². The van der Waals surface area contributed by atoms with Crippen LogP contribution in [0.1, 0.15) is 10.4 Å². The standard InChI is InChI=1S/C19H16BrNO6S3/c1-27-19(22)12-5-8-15(20)18(10-12)30(25,26)21-16-11-13(29(2,23)24)6-7-14(16)17-4-3-9-28-17/h3-11,21H,1-2H3. The Bertz CT molecular complexity index is 1320. The van der Waals surface area contributed by atoms with Gasteiger partial charge in [0, 0.05) is 21.2 Å². The molecular weight excluding hydrogens is 514 g/mol. The lowest BCUT2D eigenvalue weighted by Gasteiger charge is -2.15. The zero-order valence-electron chi connectivity index (χ0n) is 15.7. The molecule has 0 saturated heterocycles. The average molecular weight is 530 g/mol. The molecule has 0 spiro atoms. The first kappa shape index (κ1) is 22.5. The summed E-state index contributed by atoms with van der Waals surface area (Å²) < 4.78 is 57.6. The molecule has 0 atom stereocenters. The summed E-state index contributed by atoms with van der Waals surface area (Å²) >= 11 is 4.57. The highest BCUT2D eigenvalue weighted by Gasteiger charge is 2.23. The Labute approximate surface area is 186 Å². The van der Waals surface area contributed by atoms with Gasteiger partial charge in [0.25, 0.3) is 10.0 Å². The zero-order chi connectivity index (χ0) is 22.1. The molecule has 30 heavy (non-hydrogen) atoms. The molecular formula is C19H16BrNO6S3. The van der Waals surface area contributed by atoms with Crippen molar-refractivity contribution in [3.8, 4) is 10.4 Å². The lowest BCUT2D eigenvalue weighted by Crippen LogP contribution is -2.16. The summed E-state index contributed by atoms with van der Waals surface area (Å²) in [4.78, 5) is 12.4. The van der Waals surface area contributed by atoms with Gasteiger partial charge < -0.3 is 4.74 Å². The minimum absolute atomic E-state index is 0.0251. The smallest absolute Gasteiger partial charge is 0.337 e. The molecule has 11 heteroatoms. The molecule has 2 aromatic carbocycles. The molecule has 158 valence electrons. The lowest BCUT2D eigenvalue weighted by molar-refractivity contribution is 0.0600. The Balaban J connectivity index is 2.14. The third-order valence-corrected chi connectivity index (χ3v) is 8.46. The van der Waals surface area contributed by atoms with Crippen LogP contribution < -0.4 is 4.72 Å². The van der Waals surface area contributed by atoms with Crippen LogP contribution in [0.2, 0.25) is 0 Å². The van der Waals surface area contributed by atoms with E-state index in [-0.39, 0.29) is 25.5 Å². The van der Waals surface area contributed by atoms with Gasteiger partial charge >= 0.3 is 5.97 Å². The number of hydrogen-bond donors (Lipinski definition) is 1. The number of ether oxygens (including phenoxy) is 1. The molecule has 0 aliphatic heterocycles. The molecule has 1 heterocycles. The summed E-state index contributed by atoms with van der Waals surface area (Å²) in [5, 5.41) is 1.83. The highest BCUT2D eigenvalue weighted by atomic mass is 79.9. The van der Waals surface area contributed by atoms with Gasteiger partial charge in [0.2, 0.25) is 0 Å². The van der Waals surface area contributed by atoms with Crippen molar-refractivity contribution in [3.05, 3.63) is 63.9 Å². The number of nitrogens with one attached hydrogen (secondary N) is 1. The van der Waals surface area contributed by atoms with Crippen molar-refractivity contribution in [1.29, 1.82) is 0 Å². The van der Waals surface area contributed by atoms with Crippen molar-refractivity contribution >= 4 is 58.8 Å². The van der Waals surface area contributed by atoms with E-state index in [1.807, 2.05) is 5.38 Å². The molecule has 0 saturated carbocycles. The summed E-state index contributed by atoms with van der Waals surface area (Å²) in [5.41, 5.74) is 0.696. The van der Waals surface area contributed by atoms with Crippen LogP contribution in [0, 0.1) is 0 Å². The minimum atomic E-state index is -4.18. The highest BCUT2D eigenvalue weighted by Crippen LogP contribution is 2.35. The van der Waals surface area contributed by atoms with Gasteiger partial charge in [-0.3, -0.25) is 4.72 Å². The molecule has 0 unspecified atom stereocenters. The van der Waals surface area contributed by atoms with E-state index < -0.39 is 25.8 Å². The number of rotatable bonds is 6. The third kappa shape index (κ3) is 4.75. The number of carbonyl (C=O) groups excluding carboxylic acids is 1. The van der Waals surface area contributed by atoms with Gasteiger partial charge in [0.15, 0.2) is 9.84 Å². The van der Waals surface area contributed by atoms with Crippen LogP contribution in [0.25, 0.3) is 10.4 Å². The molecule has 0 amide bonds. The van der Waals surface area contributed by atoms with Crippen LogP contribution in [0.5, 0.6) is 0 Å². The van der Waals surface area contributed by atoms with Crippen LogP contribution in [-0.4, -0.2) is 36.2 Å². The van der Waals surface area contributed by atoms with Crippen molar-refractivity contribution < 1.29 is 26.4 Å². The van der Waals surface area contributed by atoms with Crippen LogP contribution in [0.3, 0.4) is 0 Å². The van der Waals surface area contributed by atoms with Crippen molar-refractivity contribution in [2.45, 2.75) is 9.79 Å². The Kier molecular flexibility index (Phi) is 6.37. The second kappa shape index (κ2) is 8.50. The molecule has 7 nitrogen and oxygen atoms in total.